The van der Waals surface area contributed by atoms with Gasteiger partial charge in [-0.1, -0.05) is 35.9 Å². The van der Waals surface area contributed by atoms with E-state index in [2.05, 4.69) is 46.4 Å². The third-order valence-corrected chi connectivity index (χ3v) is 5.94. The number of halogens is 1. The molecule has 1 fully saturated rings. The van der Waals surface area contributed by atoms with E-state index in [9.17, 15) is 5.11 Å². The topological polar surface area (TPSA) is 58.0 Å². The summed E-state index contributed by atoms with van der Waals surface area (Å²) in [5.74, 6) is 0. The second-order valence-electron chi connectivity index (χ2n) is 7.62. The van der Waals surface area contributed by atoms with Crippen LogP contribution < -0.4 is 10.6 Å². The molecule has 5 nitrogen and oxygen atoms in total. The zero-order chi connectivity index (χ0) is 19.8. The van der Waals surface area contributed by atoms with Crippen molar-refractivity contribution in [1.29, 1.82) is 0 Å². The van der Waals surface area contributed by atoms with Gasteiger partial charge in [0.05, 0.1) is 24.1 Å². The lowest BCUT2D eigenvalue weighted by Gasteiger charge is -2.36. The first-order chi connectivity index (χ1) is 14.2. The largest absolute Gasteiger partial charge is 0.389 e. The van der Waals surface area contributed by atoms with Gasteiger partial charge in [0.1, 0.15) is 11.8 Å². The van der Waals surface area contributed by atoms with Gasteiger partial charge >= 0.3 is 0 Å². The standard InChI is InChI=1S/C23H22ClN3O2/c24-22-10-15(5-7-25-22)9-16-11-17-12-27(20-6-8-29-13-21(20)28)14-26-23(17)19-4-2-1-3-18(16)19/h1-5,7,10-12,20-21,28H,6,8-9,13-14H2/t20-,21-/m0/s1. The van der Waals surface area contributed by atoms with Crippen LogP contribution in [0.5, 0.6) is 0 Å². The van der Waals surface area contributed by atoms with Crippen LogP contribution in [-0.2, 0) is 11.2 Å². The number of ether oxygens (including phenoxy) is 1. The monoisotopic (exact) mass is 407 g/mol. The van der Waals surface area contributed by atoms with E-state index in [1.165, 1.54) is 10.9 Å². The molecule has 0 unspecified atom stereocenters. The average Bonchev–Trinajstić information content (AvgIpc) is 2.74. The summed E-state index contributed by atoms with van der Waals surface area (Å²) >= 11 is 6.09. The second kappa shape index (κ2) is 7.75. The first-order valence-electron chi connectivity index (χ1n) is 9.88. The van der Waals surface area contributed by atoms with Gasteiger partial charge in [-0.15, -0.1) is 0 Å². The molecule has 0 saturated carbocycles. The van der Waals surface area contributed by atoms with Crippen LogP contribution in [0.4, 0.5) is 0 Å². The third-order valence-electron chi connectivity index (χ3n) is 5.73. The number of aliphatic hydroxyl groups excluding tert-OH is 1. The Morgan fingerprint density at radius 2 is 2.03 bits per heavy atom. The summed E-state index contributed by atoms with van der Waals surface area (Å²) in [6, 6.07) is 14.6. The van der Waals surface area contributed by atoms with Crippen LogP contribution in [0.25, 0.3) is 17.0 Å². The van der Waals surface area contributed by atoms with Crippen molar-refractivity contribution in [2.24, 2.45) is 4.99 Å². The molecular formula is C23H22ClN3O2. The highest BCUT2D eigenvalue weighted by atomic mass is 35.5. The molecule has 3 heterocycles. The van der Waals surface area contributed by atoms with Crippen LogP contribution in [0, 0.1) is 0 Å². The molecule has 0 bridgehead atoms. The van der Waals surface area contributed by atoms with Gasteiger partial charge in [-0.25, -0.2) is 4.98 Å². The van der Waals surface area contributed by atoms with Crippen molar-refractivity contribution in [3.8, 4) is 0 Å². The zero-order valence-corrected chi connectivity index (χ0v) is 16.7. The minimum absolute atomic E-state index is 0.0366. The van der Waals surface area contributed by atoms with E-state index in [0.29, 0.717) is 25.0 Å². The first kappa shape index (κ1) is 18.6. The molecule has 0 radical (unpaired) electrons. The van der Waals surface area contributed by atoms with Gasteiger partial charge in [0.15, 0.2) is 0 Å². The molecule has 2 aliphatic rings. The van der Waals surface area contributed by atoms with E-state index in [4.69, 9.17) is 21.3 Å². The number of aliphatic hydroxyl groups is 1. The molecule has 1 N–H and O–H groups in total. The van der Waals surface area contributed by atoms with Crippen molar-refractivity contribution in [2.75, 3.05) is 19.9 Å². The van der Waals surface area contributed by atoms with Crippen molar-refractivity contribution in [3.05, 3.63) is 75.5 Å². The maximum Gasteiger partial charge on any atom is 0.129 e. The Labute approximate surface area is 173 Å². The Morgan fingerprint density at radius 3 is 2.86 bits per heavy atom. The molecule has 3 aromatic rings. The maximum absolute atomic E-state index is 10.4. The van der Waals surface area contributed by atoms with E-state index in [-0.39, 0.29) is 6.04 Å². The molecule has 2 aliphatic heterocycles. The van der Waals surface area contributed by atoms with Gasteiger partial charge in [0, 0.05) is 29.6 Å². The van der Waals surface area contributed by atoms with Crippen LogP contribution in [0.2, 0.25) is 5.15 Å². The number of benzene rings is 2. The van der Waals surface area contributed by atoms with Crippen molar-refractivity contribution in [2.45, 2.75) is 25.0 Å². The van der Waals surface area contributed by atoms with Gasteiger partial charge in [0.2, 0.25) is 0 Å². The average molecular weight is 408 g/mol. The van der Waals surface area contributed by atoms with E-state index >= 15 is 0 Å². The molecular weight excluding hydrogens is 386 g/mol. The SMILES string of the molecule is O[C@H]1COCC[C@@H]1N1C=c2cc(Cc3ccnc(Cl)c3)c3ccccc3c2=NC1. The lowest BCUT2D eigenvalue weighted by atomic mass is 9.96. The molecule has 2 atom stereocenters. The number of pyridine rings is 1. The Hall–Kier alpha value is -2.47. The number of hydrogen-bond donors (Lipinski definition) is 1. The highest BCUT2D eigenvalue weighted by Gasteiger charge is 2.28. The zero-order valence-electron chi connectivity index (χ0n) is 16.0. The number of hydrogen-bond acceptors (Lipinski definition) is 5. The Bertz CT molecular complexity index is 1180. The summed E-state index contributed by atoms with van der Waals surface area (Å²) in [4.78, 5) is 11.1. The molecule has 1 aromatic heterocycles. The predicted molar refractivity (Wildman–Crippen MR) is 113 cm³/mol. The fraction of sp³-hybridized carbons (Fsp3) is 0.304. The minimum Gasteiger partial charge on any atom is -0.389 e. The molecule has 0 amide bonds. The van der Waals surface area contributed by atoms with Gasteiger partial charge in [-0.3, -0.25) is 4.99 Å². The number of aromatic nitrogens is 1. The van der Waals surface area contributed by atoms with E-state index < -0.39 is 6.10 Å². The third kappa shape index (κ3) is 3.62. The Morgan fingerprint density at radius 1 is 1.17 bits per heavy atom. The van der Waals surface area contributed by atoms with Crippen LogP contribution in [0.1, 0.15) is 17.5 Å². The highest BCUT2D eigenvalue weighted by molar-refractivity contribution is 6.29. The van der Waals surface area contributed by atoms with Gasteiger partial charge in [-0.05, 0) is 47.6 Å². The number of fused-ring (bicyclic) bond motifs is 3. The summed E-state index contributed by atoms with van der Waals surface area (Å²) < 4.78 is 5.39. The van der Waals surface area contributed by atoms with Crippen LogP contribution >= 0.6 is 11.6 Å². The maximum atomic E-state index is 10.4. The lowest BCUT2D eigenvalue weighted by molar-refractivity contribution is -0.0501. The summed E-state index contributed by atoms with van der Waals surface area (Å²) in [6.45, 7) is 1.61. The molecule has 1 saturated heterocycles. The van der Waals surface area contributed by atoms with Crippen molar-refractivity contribution in [1.82, 2.24) is 9.88 Å². The van der Waals surface area contributed by atoms with Gasteiger partial charge in [-0.2, -0.15) is 0 Å². The van der Waals surface area contributed by atoms with E-state index in [0.717, 1.165) is 34.4 Å². The molecule has 2 aromatic carbocycles. The molecule has 148 valence electrons. The first-order valence-corrected chi connectivity index (χ1v) is 10.3. The van der Waals surface area contributed by atoms with Crippen molar-refractivity contribution < 1.29 is 9.84 Å². The summed E-state index contributed by atoms with van der Waals surface area (Å²) in [6.07, 6.45) is 4.98. The Balaban J connectivity index is 1.62. The molecule has 5 rings (SSSR count). The fourth-order valence-corrected chi connectivity index (χ4v) is 4.52. The van der Waals surface area contributed by atoms with Crippen LogP contribution in [0.3, 0.4) is 0 Å². The smallest absolute Gasteiger partial charge is 0.129 e. The fourth-order valence-electron chi connectivity index (χ4n) is 4.32. The lowest BCUT2D eigenvalue weighted by Crippen LogP contribution is -2.50. The van der Waals surface area contributed by atoms with Crippen molar-refractivity contribution in [3.63, 3.8) is 0 Å². The second-order valence-corrected chi connectivity index (χ2v) is 8.01. The number of rotatable bonds is 3. The van der Waals surface area contributed by atoms with E-state index in [1.54, 1.807) is 6.20 Å². The summed E-state index contributed by atoms with van der Waals surface area (Å²) in [5.41, 5.74) is 2.35. The normalized spacial score (nSPS) is 21.4. The molecule has 0 aliphatic carbocycles. The highest BCUT2D eigenvalue weighted by Crippen LogP contribution is 2.21. The summed E-state index contributed by atoms with van der Waals surface area (Å²) in [5, 5.41) is 15.3. The molecule has 0 spiro atoms. The number of nitrogens with zero attached hydrogens (tertiary/aromatic N) is 3. The molecule has 6 heteroatoms. The van der Waals surface area contributed by atoms with Crippen molar-refractivity contribution >= 4 is 28.6 Å². The van der Waals surface area contributed by atoms with Gasteiger partial charge < -0.3 is 14.7 Å². The van der Waals surface area contributed by atoms with Crippen LogP contribution in [-0.4, -0.2) is 47.0 Å². The minimum atomic E-state index is -0.490. The predicted octanol–water partition coefficient (Wildman–Crippen LogP) is 2.26. The molecule has 29 heavy (non-hydrogen) atoms. The van der Waals surface area contributed by atoms with Crippen LogP contribution in [0.15, 0.2) is 53.7 Å². The summed E-state index contributed by atoms with van der Waals surface area (Å²) in [7, 11) is 0. The van der Waals surface area contributed by atoms with E-state index in [1.807, 2.05) is 12.1 Å². The quantitative estimate of drug-likeness (QED) is 0.677. The van der Waals surface area contributed by atoms with Gasteiger partial charge in [0.25, 0.3) is 0 Å². The Kier molecular flexibility index (Phi) is 4.96.